The highest BCUT2D eigenvalue weighted by molar-refractivity contribution is 6.00. The average Bonchev–Trinajstić information content (AvgIpc) is 2.99. The van der Waals surface area contributed by atoms with Crippen molar-refractivity contribution in [3.05, 3.63) is 71.9 Å². The maximum Gasteiger partial charge on any atom is 0.271 e. The van der Waals surface area contributed by atoms with Crippen LogP contribution in [0.15, 0.2) is 65.9 Å². The Morgan fingerprint density at radius 2 is 1.80 bits per heavy atom. The van der Waals surface area contributed by atoms with Gasteiger partial charge in [0.1, 0.15) is 0 Å². The third kappa shape index (κ3) is 3.92. The van der Waals surface area contributed by atoms with E-state index in [9.17, 15) is 9.59 Å². The number of amides is 2. The predicted octanol–water partition coefficient (Wildman–Crippen LogP) is 2.28. The van der Waals surface area contributed by atoms with Crippen LogP contribution in [0, 0.1) is 0 Å². The summed E-state index contributed by atoms with van der Waals surface area (Å²) < 4.78 is 1.96. The van der Waals surface area contributed by atoms with E-state index in [4.69, 9.17) is 5.73 Å². The molecular weight excluding hydrogens is 316 g/mol. The number of carbonyl (C=O) groups is 2. The first-order valence-corrected chi connectivity index (χ1v) is 7.90. The van der Waals surface area contributed by atoms with Gasteiger partial charge in [-0.2, -0.15) is 5.10 Å². The number of hydrogen-bond donors (Lipinski definition) is 2. The van der Waals surface area contributed by atoms with Gasteiger partial charge in [-0.05, 0) is 18.2 Å². The molecule has 1 aromatic heterocycles. The third-order valence-corrected chi connectivity index (χ3v) is 3.82. The number of hydrogen-bond acceptors (Lipinski definition) is 3. The second-order valence-electron chi connectivity index (χ2n) is 5.58. The average molecular weight is 334 g/mol. The van der Waals surface area contributed by atoms with Crippen molar-refractivity contribution in [2.24, 2.45) is 10.8 Å². The van der Waals surface area contributed by atoms with Crippen LogP contribution < -0.4 is 11.2 Å². The Morgan fingerprint density at radius 1 is 1.08 bits per heavy atom. The lowest BCUT2D eigenvalue weighted by molar-refractivity contribution is -0.118. The highest BCUT2D eigenvalue weighted by Crippen LogP contribution is 2.20. The first kappa shape index (κ1) is 16.4. The van der Waals surface area contributed by atoms with E-state index in [1.807, 2.05) is 41.1 Å². The fourth-order valence-electron chi connectivity index (χ4n) is 2.61. The van der Waals surface area contributed by atoms with Crippen molar-refractivity contribution in [2.75, 3.05) is 0 Å². The zero-order valence-electron chi connectivity index (χ0n) is 13.6. The largest absolute Gasteiger partial charge is 0.370 e. The number of rotatable bonds is 6. The lowest BCUT2D eigenvalue weighted by Gasteiger charge is -2.02. The van der Waals surface area contributed by atoms with Crippen LogP contribution in [0.2, 0.25) is 0 Å². The molecule has 0 atom stereocenters. The molecule has 0 aliphatic rings. The summed E-state index contributed by atoms with van der Waals surface area (Å²) in [5, 5.41) is 5.04. The van der Waals surface area contributed by atoms with Crippen molar-refractivity contribution in [2.45, 2.75) is 13.0 Å². The van der Waals surface area contributed by atoms with Crippen molar-refractivity contribution in [1.82, 2.24) is 9.99 Å². The summed E-state index contributed by atoms with van der Waals surface area (Å²) >= 11 is 0. The Bertz CT molecular complexity index is 929. The van der Waals surface area contributed by atoms with Crippen LogP contribution in [0.5, 0.6) is 0 Å². The van der Waals surface area contributed by atoms with Gasteiger partial charge in [0.15, 0.2) is 0 Å². The molecule has 0 spiro atoms. The van der Waals surface area contributed by atoms with Crippen LogP contribution >= 0.6 is 0 Å². The first-order valence-electron chi connectivity index (χ1n) is 7.90. The Morgan fingerprint density at radius 3 is 2.56 bits per heavy atom. The van der Waals surface area contributed by atoms with Gasteiger partial charge in [0.25, 0.3) is 5.91 Å². The molecular formula is C19H18N4O2. The molecule has 3 aromatic rings. The summed E-state index contributed by atoms with van der Waals surface area (Å²) in [6, 6.07) is 16.7. The van der Waals surface area contributed by atoms with E-state index < -0.39 is 0 Å². The van der Waals surface area contributed by atoms with Gasteiger partial charge < -0.3 is 10.3 Å². The van der Waals surface area contributed by atoms with Crippen LogP contribution in [0.4, 0.5) is 0 Å². The standard InChI is InChI=1S/C19H18N4O2/c20-18(24)10-11-23-13-15(16-8-4-5-9-17(16)23)12-21-22-19(25)14-6-2-1-3-7-14/h1-9,12-13H,10-11H2,(H2,20,24)(H,22,25)/b21-12-. The van der Waals surface area contributed by atoms with Crippen molar-refractivity contribution in [3.8, 4) is 0 Å². The molecule has 0 unspecified atom stereocenters. The molecule has 6 heteroatoms. The molecule has 3 rings (SSSR count). The number of benzene rings is 2. The van der Waals surface area contributed by atoms with Gasteiger partial charge in [0.2, 0.25) is 5.91 Å². The first-order chi connectivity index (χ1) is 12.1. The van der Waals surface area contributed by atoms with Crippen LogP contribution in [0.3, 0.4) is 0 Å². The predicted molar refractivity (Wildman–Crippen MR) is 97.3 cm³/mol. The Labute approximate surface area is 144 Å². The van der Waals surface area contributed by atoms with Crippen molar-refractivity contribution >= 4 is 28.9 Å². The molecule has 0 radical (unpaired) electrons. The molecule has 25 heavy (non-hydrogen) atoms. The van der Waals surface area contributed by atoms with Crippen molar-refractivity contribution < 1.29 is 9.59 Å². The van der Waals surface area contributed by atoms with Crippen LogP contribution in [0.1, 0.15) is 22.3 Å². The smallest absolute Gasteiger partial charge is 0.271 e. The molecule has 126 valence electrons. The van der Waals surface area contributed by atoms with E-state index in [0.29, 0.717) is 12.1 Å². The Kier molecular flexibility index (Phi) is 4.89. The second kappa shape index (κ2) is 7.44. The number of hydrazone groups is 1. The number of primary amides is 1. The van der Waals surface area contributed by atoms with Gasteiger partial charge in [-0.25, -0.2) is 5.43 Å². The van der Waals surface area contributed by atoms with Crippen LogP contribution in [-0.4, -0.2) is 22.6 Å². The number of fused-ring (bicyclic) bond motifs is 1. The Balaban J connectivity index is 1.79. The summed E-state index contributed by atoms with van der Waals surface area (Å²) in [6.45, 7) is 0.500. The molecule has 0 fully saturated rings. The lowest BCUT2D eigenvalue weighted by Crippen LogP contribution is -2.17. The quantitative estimate of drug-likeness (QED) is 0.535. The van der Waals surface area contributed by atoms with E-state index in [1.54, 1.807) is 30.5 Å². The highest BCUT2D eigenvalue weighted by Gasteiger charge is 2.08. The number of aryl methyl sites for hydroxylation is 1. The van der Waals surface area contributed by atoms with E-state index in [-0.39, 0.29) is 18.2 Å². The summed E-state index contributed by atoms with van der Waals surface area (Å²) in [7, 11) is 0. The van der Waals surface area contributed by atoms with E-state index in [0.717, 1.165) is 16.5 Å². The number of nitrogens with two attached hydrogens (primary N) is 1. The van der Waals surface area contributed by atoms with Crippen molar-refractivity contribution in [3.63, 3.8) is 0 Å². The summed E-state index contributed by atoms with van der Waals surface area (Å²) in [6.07, 6.45) is 3.76. The lowest BCUT2D eigenvalue weighted by atomic mass is 10.2. The Hall–Kier alpha value is -3.41. The molecule has 0 bridgehead atoms. The summed E-state index contributed by atoms with van der Waals surface area (Å²) in [4.78, 5) is 23.0. The normalized spacial score (nSPS) is 11.0. The van der Waals surface area contributed by atoms with Crippen molar-refractivity contribution in [1.29, 1.82) is 0 Å². The molecule has 2 aromatic carbocycles. The topological polar surface area (TPSA) is 89.5 Å². The number of aromatic nitrogens is 1. The molecule has 0 aliphatic heterocycles. The second-order valence-corrected chi connectivity index (χ2v) is 5.58. The fourth-order valence-corrected chi connectivity index (χ4v) is 2.61. The SMILES string of the molecule is NC(=O)CCn1cc(/C=N\NC(=O)c2ccccc2)c2ccccc21. The molecule has 0 saturated carbocycles. The fraction of sp³-hybridized carbons (Fsp3) is 0.105. The number of carbonyl (C=O) groups excluding carboxylic acids is 2. The monoisotopic (exact) mass is 334 g/mol. The van der Waals surface area contributed by atoms with E-state index in [1.165, 1.54) is 0 Å². The number of nitrogens with zero attached hydrogens (tertiary/aromatic N) is 2. The van der Waals surface area contributed by atoms with Gasteiger partial charge in [-0.15, -0.1) is 0 Å². The molecule has 0 aliphatic carbocycles. The zero-order valence-corrected chi connectivity index (χ0v) is 13.6. The number of nitrogens with one attached hydrogen (secondary N) is 1. The minimum absolute atomic E-state index is 0.264. The number of para-hydroxylation sites is 1. The highest BCUT2D eigenvalue weighted by atomic mass is 16.2. The van der Waals surface area contributed by atoms with Gasteiger partial charge in [0.05, 0.1) is 6.21 Å². The molecule has 0 saturated heterocycles. The third-order valence-electron chi connectivity index (χ3n) is 3.82. The van der Waals surface area contributed by atoms with Crippen LogP contribution in [0.25, 0.3) is 10.9 Å². The minimum atomic E-state index is -0.344. The van der Waals surface area contributed by atoms with E-state index in [2.05, 4.69) is 10.5 Å². The molecule has 3 N–H and O–H groups in total. The van der Waals surface area contributed by atoms with Gasteiger partial charge in [0, 0.05) is 41.2 Å². The summed E-state index contributed by atoms with van der Waals surface area (Å²) in [5.41, 5.74) is 10.1. The maximum absolute atomic E-state index is 12.0. The minimum Gasteiger partial charge on any atom is -0.370 e. The van der Waals surface area contributed by atoms with Gasteiger partial charge >= 0.3 is 0 Å². The zero-order chi connectivity index (χ0) is 17.6. The van der Waals surface area contributed by atoms with E-state index >= 15 is 0 Å². The molecule has 6 nitrogen and oxygen atoms in total. The maximum atomic E-state index is 12.0. The molecule has 2 amide bonds. The molecule has 1 heterocycles. The van der Waals surface area contributed by atoms with Gasteiger partial charge in [-0.3, -0.25) is 9.59 Å². The van der Waals surface area contributed by atoms with Crippen LogP contribution in [-0.2, 0) is 11.3 Å². The van der Waals surface area contributed by atoms with Gasteiger partial charge in [-0.1, -0.05) is 36.4 Å². The summed E-state index contributed by atoms with van der Waals surface area (Å²) in [5.74, 6) is -0.613.